The number of fused-ring (bicyclic) bond motifs is 4. The Kier molecular flexibility index (Phi) is 10.5. The lowest BCUT2D eigenvalue weighted by Crippen LogP contribution is -2.58. The average molecular weight is 842 g/mol. The van der Waals surface area contributed by atoms with Gasteiger partial charge in [-0.3, -0.25) is 0 Å². The summed E-state index contributed by atoms with van der Waals surface area (Å²) in [6.07, 6.45) is 14.8. The summed E-state index contributed by atoms with van der Waals surface area (Å²) in [4.78, 5) is 42.1. The van der Waals surface area contributed by atoms with Gasteiger partial charge in [-0.25, -0.2) is 29.9 Å². The molecule has 4 aliphatic heterocycles. The molecule has 0 saturated carbocycles. The van der Waals surface area contributed by atoms with E-state index >= 15 is 0 Å². The van der Waals surface area contributed by atoms with Gasteiger partial charge in [0.1, 0.15) is 34.3 Å². The standard InChI is InChI=1S/C25H28N6O.C24H27N7/c1-2-19-5-10-26-21(19)15-18(1)16-28-22-17-27-20-3-4-23(30-24(20)29-22)31-11-6-25(7-12-31)8-13-32-14-9-25;1-30-15-24(16-30)7-10-31(11-8-24)22-5-4-19-23(29-22)28-21(14-26-19)27-13-17-2-3-18-6-9-25-20(18)12-17/h1-5,10,15,17,26H,6-9,11-14,16H2,(H,28,29,30);2-6,9,12,14,25H,7-8,10-11,13,15-16H2,1H3,(H,27,28,29). The molecule has 0 atom stereocenters. The molecule has 14 heteroatoms. The van der Waals surface area contributed by atoms with E-state index in [0.717, 1.165) is 84.7 Å². The minimum Gasteiger partial charge on any atom is -0.381 e. The highest BCUT2D eigenvalue weighted by Crippen LogP contribution is 2.42. The maximum absolute atomic E-state index is 5.58. The largest absolute Gasteiger partial charge is 0.381 e. The van der Waals surface area contributed by atoms with Crippen molar-refractivity contribution in [2.75, 3.05) is 80.0 Å². The molecule has 0 amide bonds. The Morgan fingerprint density at radius 1 is 0.571 bits per heavy atom. The number of aromatic amines is 2. The number of ether oxygens (including phenoxy) is 1. The predicted octanol–water partition coefficient (Wildman–Crippen LogP) is 8.17. The normalized spacial score (nSPS) is 18.5. The molecule has 0 radical (unpaired) electrons. The van der Waals surface area contributed by atoms with Crippen LogP contribution in [0.1, 0.15) is 49.7 Å². The van der Waals surface area contributed by atoms with Gasteiger partial charge in [-0.15, -0.1) is 0 Å². The molecular weight excluding hydrogens is 787 g/mol. The third-order valence-electron chi connectivity index (χ3n) is 14.0. The number of hydrogen-bond donors (Lipinski definition) is 4. The van der Waals surface area contributed by atoms with Gasteiger partial charge in [-0.1, -0.05) is 24.3 Å². The highest BCUT2D eigenvalue weighted by atomic mass is 16.5. The van der Waals surface area contributed by atoms with Crippen LogP contribution in [0.5, 0.6) is 0 Å². The molecule has 14 nitrogen and oxygen atoms in total. The van der Waals surface area contributed by atoms with E-state index in [-0.39, 0.29) is 0 Å². The van der Waals surface area contributed by atoms with Gasteiger partial charge >= 0.3 is 0 Å². The van der Waals surface area contributed by atoms with Gasteiger partial charge in [-0.2, -0.15) is 0 Å². The molecule has 63 heavy (non-hydrogen) atoms. The zero-order valence-electron chi connectivity index (χ0n) is 36.0. The van der Waals surface area contributed by atoms with Crippen LogP contribution in [-0.4, -0.2) is 104 Å². The maximum atomic E-state index is 5.58. The number of piperidine rings is 2. The van der Waals surface area contributed by atoms with E-state index in [0.29, 0.717) is 35.2 Å². The Labute approximate surface area is 366 Å². The van der Waals surface area contributed by atoms with E-state index in [9.17, 15) is 0 Å². The summed E-state index contributed by atoms with van der Waals surface area (Å²) in [5.41, 5.74) is 8.75. The average Bonchev–Trinajstić information content (AvgIpc) is 4.00. The summed E-state index contributed by atoms with van der Waals surface area (Å²) in [5, 5.41) is 9.23. The second kappa shape index (κ2) is 16.7. The first-order valence-corrected chi connectivity index (χ1v) is 22.6. The first-order chi connectivity index (χ1) is 30.9. The fraction of sp³-hybridized carbons (Fsp3) is 0.388. The fourth-order valence-corrected chi connectivity index (χ4v) is 10.2. The van der Waals surface area contributed by atoms with Crippen LogP contribution in [0.3, 0.4) is 0 Å². The van der Waals surface area contributed by atoms with Crippen LogP contribution in [0, 0.1) is 10.8 Å². The van der Waals surface area contributed by atoms with E-state index in [1.54, 1.807) is 12.4 Å². The number of rotatable bonds is 8. The first kappa shape index (κ1) is 39.5. The molecule has 2 spiro atoms. The lowest BCUT2D eigenvalue weighted by Gasteiger charge is -2.53. The second-order valence-electron chi connectivity index (χ2n) is 18.3. The summed E-state index contributed by atoms with van der Waals surface area (Å²) in [5.74, 6) is 3.51. The lowest BCUT2D eigenvalue weighted by molar-refractivity contribution is 0.00121. The van der Waals surface area contributed by atoms with Crippen LogP contribution in [0.25, 0.3) is 44.1 Å². The van der Waals surface area contributed by atoms with Crippen LogP contribution in [0.15, 0.2) is 97.6 Å². The van der Waals surface area contributed by atoms with Crippen molar-refractivity contribution in [1.29, 1.82) is 0 Å². The number of likely N-dealkylation sites (tertiary alicyclic amines) is 1. The van der Waals surface area contributed by atoms with E-state index in [1.165, 1.54) is 73.5 Å². The predicted molar refractivity (Wildman–Crippen MR) is 251 cm³/mol. The number of benzene rings is 2. The van der Waals surface area contributed by atoms with Gasteiger partial charge in [0.15, 0.2) is 11.3 Å². The van der Waals surface area contributed by atoms with Crippen molar-refractivity contribution in [2.24, 2.45) is 10.8 Å². The van der Waals surface area contributed by atoms with Gasteiger partial charge < -0.3 is 40.0 Å². The van der Waals surface area contributed by atoms with Crippen LogP contribution in [0.2, 0.25) is 0 Å². The molecule has 2 aromatic carbocycles. The number of hydrogen-bond acceptors (Lipinski definition) is 12. The number of nitrogens with one attached hydrogen (secondary N) is 4. The van der Waals surface area contributed by atoms with Crippen molar-refractivity contribution in [2.45, 2.75) is 51.6 Å². The van der Waals surface area contributed by atoms with E-state index in [1.807, 2.05) is 24.5 Å². The Hall–Kier alpha value is -6.38. The fourth-order valence-electron chi connectivity index (χ4n) is 10.2. The van der Waals surface area contributed by atoms with Gasteiger partial charge in [-0.05, 0) is 127 Å². The molecule has 0 bridgehead atoms. The van der Waals surface area contributed by atoms with Gasteiger partial charge in [0.05, 0.1) is 12.4 Å². The second-order valence-corrected chi connectivity index (χ2v) is 18.3. The van der Waals surface area contributed by atoms with Crippen molar-refractivity contribution in [3.63, 3.8) is 0 Å². The molecule has 322 valence electrons. The van der Waals surface area contributed by atoms with Crippen molar-refractivity contribution < 1.29 is 4.74 Å². The van der Waals surface area contributed by atoms with Crippen LogP contribution >= 0.6 is 0 Å². The molecule has 4 aliphatic rings. The summed E-state index contributed by atoms with van der Waals surface area (Å²) >= 11 is 0. The van der Waals surface area contributed by atoms with Crippen LogP contribution in [-0.2, 0) is 17.8 Å². The Morgan fingerprint density at radius 3 is 1.56 bits per heavy atom. The first-order valence-electron chi connectivity index (χ1n) is 22.6. The molecule has 12 rings (SSSR count). The highest BCUT2D eigenvalue weighted by molar-refractivity contribution is 5.81. The topological polar surface area (TPSA) is 152 Å². The molecule has 8 aromatic rings. The summed E-state index contributed by atoms with van der Waals surface area (Å²) in [6, 6.07) is 25.3. The molecular formula is C49H55N13O. The van der Waals surface area contributed by atoms with E-state index in [2.05, 4.69) is 113 Å². The summed E-state index contributed by atoms with van der Waals surface area (Å²) < 4.78 is 5.58. The Bertz CT molecular complexity index is 2860. The van der Waals surface area contributed by atoms with Crippen LogP contribution in [0.4, 0.5) is 23.3 Å². The SMILES string of the molecule is CN1CC2(CCN(c3ccc4ncc(NCc5ccc6cc[nH]c6c5)nc4n3)CC2)C1.c1cc2ccc(CNc3cnc4ccc(N5CCC6(CCOCC6)CC5)nc4n3)cc2[nH]1. The zero-order chi connectivity index (χ0) is 42.2. The number of nitrogens with zero attached hydrogens (tertiary/aromatic N) is 9. The zero-order valence-corrected chi connectivity index (χ0v) is 36.0. The molecule has 4 fully saturated rings. The van der Waals surface area contributed by atoms with E-state index < -0.39 is 0 Å². The van der Waals surface area contributed by atoms with Crippen molar-refractivity contribution in [1.82, 2.24) is 44.8 Å². The van der Waals surface area contributed by atoms with Crippen molar-refractivity contribution in [3.05, 3.63) is 109 Å². The third-order valence-corrected chi connectivity index (χ3v) is 14.0. The maximum Gasteiger partial charge on any atom is 0.182 e. The lowest BCUT2D eigenvalue weighted by atomic mass is 9.72. The third kappa shape index (κ3) is 8.44. The number of anilines is 4. The number of aromatic nitrogens is 8. The van der Waals surface area contributed by atoms with Gasteiger partial charge in [0.25, 0.3) is 0 Å². The smallest absolute Gasteiger partial charge is 0.182 e. The quantitative estimate of drug-likeness (QED) is 0.117. The molecule has 0 unspecified atom stereocenters. The van der Waals surface area contributed by atoms with Gasteiger partial charge in [0.2, 0.25) is 0 Å². The molecule has 0 aliphatic carbocycles. The Balaban J connectivity index is 0.000000141. The summed E-state index contributed by atoms with van der Waals surface area (Å²) in [6.45, 7) is 9.92. The van der Waals surface area contributed by atoms with Crippen molar-refractivity contribution >= 4 is 67.4 Å². The monoisotopic (exact) mass is 841 g/mol. The Morgan fingerprint density at radius 2 is 1.06 bits per heavy atom. The molecule has 10 heterocycles. The minimum atomic E-state index is 0.478. The highest BCUT2D eigenvalue weighted by Gasteiger charge is 2.43. The minimum absolute atomic E-state index is 0.478. The number of H-pyrrole nitrogens is 2. The van der Waals surface area contributed by atoms with E-state index in [4.69, 9.17) is 24.7 Å². The molecule has 6 aromatic heterocycles. The van der Waals surface area contributed by atoms with Crippen molar-refractivity contribution in [3.8, 4) is 0 Å². The molecule has 4 saturated heterocycles. The summed E-state index contributed by atoms with van der Waals surface area (Å²) in [7, 11) is 2.21. The number of pyridine rings is 2. The molecule has 4 N–H and O–H groups in total. The van der Waals surface area contributed by atoms with Gasteiger partial charge in [0, 0.05) is 89.0 Å². The van der Waals surface area contributed by atoms with Crippen LogP contribution < -0.4 is 20.4 Å².